The van der Waals surface area contributed by atoms with E-state index in [1.165, 1.54) is 0 Å². The van der Waals surface area contributed by atoms with Crippen molar-refractivity contribution in [3.8, 4) is 0 Å². The quantitative estimate of drug-likeness (QED) is 0.676. The second-order valence-corrected chi connectivity index (χ2v) is 3.53. The predicted molar refractivity (Wildman–Crippen MR) is 44.4 cm³/mol. The summed E-state index contributed by atoms with van der Waals surface area (Å²) in [6.07, 6.45) is -1.88. The van der Waals surface area contributed by atoms with Crippen molar-refractivity contribution in [3.05, 3.63) is 0 Å². The van der Waals surface area contributed by atoms with Crippen LogP contribution in [-0.4, -0.2) is 24.2 Å². The molecule has 0 heterocycles. The molecule has 0 aromatic carbocycles. The topological polar surface area (TPSA) is 55.1 Å². The normalized spacial score (nSPS) is 28.6. The van der Waals surface area contributed by atoms with Crippen molar-refractivity contribution in [2.45, 2.75) is 43.9 Å². The highest BCUT2D eigenvalue weighted by atomic mass is 19.4. The van der Waals surface area contributed by atoms with Crippen molar-refractivity contribution in [2.75, 3.05) is 0 Å². The van der Waals surface area contributed by atoms with Gasteiger partial charge >= 0.3 is 12.1 Å². The summed E-state index contributed by atoms with van der Waals surface area (Å²) >= 11 is 0. The van der Waals surface area contributed by atoms with Gasteiger partial charge in [-0.25, -0.2) is 0 Å². The van der Waals surface area contributed by atoms with Crippen molar-refractivity contribution < 1.29 is 18.0 Å². The SMILES string of the molecule is N[C@H]1CCCC[C@H]1NC(=O)C(F)(F)F. The molecule has 0 spiro atoms. The second kappa shape index (κ2) is 4.16. The van der Waals surface area contributed by atoms with E-state index in [-0.39, 0.29) is 6.04 Å². The number of hydrogen-bond acceptors (Lipinski definition) is 2. The molecule has 1 aliphatic carbocycles. The monoisotopic (exact) mass is 210 g/mol. The third kappa shape index (κ3) is 2.87. The number of alkyl halides is 3. The molecule has 3 N–H and O–H groups in total. The first kappa shape index (κ1) is 11.3. The number of nitrogens with two attached hydrogens (primary N) is 1. The molecule has 82 valence electrons. The molecule has 0 unspecified atom stereocenters. The molecule has 1 saturated carbocycles. The fourth-order valence-corrected chi connectivity index (χ4v) is 1.59. The van der Waals surface area contributed by atoms with Crippen LogP contribution in [0.4, 0.5) is 13.2 Å². The van der Waals surface area contributed by atoms with Gasteiger partial charge in [0.1, 0.15) is 0 Å². The van der Waals surface area contributed by atoms with Gasteiger partial charge in [0.15, 0.2) is 0 Å². The van der Waals surface area contributed by atoms with Crippen LogP contribution in [0.2, 0.25) is 0 Å². The summed E-state index contributed by atoms with van der Waals surface area (Å²) in [6.45, 7) is 0. The number of halogens is 3. The van der Waals surface area contributed by atoms with E-state index < -0.39 is 18.1 Å². The molecule has 3 nitrogen and oxygen atoms in total. The molecule has 14 heavy (non-hydrogen) atoms. The summed E-state index contributed by atoms with van der Waals surface area (Å²) in [5, 5.41) is 1.92. The van der Waals surface area contributed by atoms with E-state index in [9.17, 15) is 18.0 Å². The summed E-state index contributed by atoms with van der Waals surface area (Å²) in [4.78, 5) is 10.6. The van der Waals surface area contributed by atoms with Crippen LogP contribution in [-0.2, 0) is 4.79 Å². The van der Waals surface area contributed by atoms with E-state index in [4.69, 9.17) is 5.73 Å². The smallest absolute Gasteiger partial charge is 0.344 e. The maximum Gasteiger partial charge on any atom is 0.471 e. The van der Waals surface area contributed by atoms with Crippen LogP contribution in [0.5, 0.6) is 0 Å². The molecule has 0 aromatic heterocycles. The van der Waals surface area contributed by atoms with Gasteiger partial charge in [0.25, 0.3) is 0 Å². The van der Waals surface area contributed by atoms with Crippen molar-refractivity contribution in [3.63, 3.8) is 0 Å². The standard InChI is InChI=1S/C8H13F3N2O/c9-8(10,11)7(14)13-6-4-2-1-3-5(6)12/h5-6H,1-4,12H2,(H,13,14)/t5-,6+/m0/s1. The van der Waals surface area contributed by atoms with Gasteiger partial charge in [-0.2, -0.15) is 13.2 Å². The second-order valence-electron chi connectivity index (χ2n) is 3.53. The zero-order valence-electron chi connectivity index (χ0n) is 7.60. The minimum Gasteiger partial charge on any atom is -0.344 e. The van der Waals surface area contributed by atoms with Crippen LogP contribution in [0.1, 0.15) is 25.7 Å². The van der Waals surface area contributed by atoms with Gasteiger partial charge in [-0.3, -0.25) is 4.79 Å². The Morgan fingerprint density at radius 3 is 2.36 bits per heavy atom. The molecule has 0 bridgehead atoms. The van der Waals surface area contributed by atoms with Crippen LogP contribution < -0.4 is 11.1 Å². The van der Waals surface area contributed by atoms with Gasteiger partial charge in [0.2, 0.25) is 0 Å². The summed E-state index contributed by atoms with van der Waals surface area (Å²) in [5.74, 6) is -1.89. The maximum absolute atomic E-state index is 11.9. The van der Waals surface area contributed by atoms with Gasteiger partial charge in [-0.15, -0.1) is 0 Å². The third-order valence-electron chi connectivity index (χ3n) is 2.39. The molecule has 1 fully saturated rings. The number of rotatable bonds is 1. The van der Waals surface area contributed by atoms with Gasteiger partial charge < -0.3 is 11.1 Å². The first-order valence-electron chi connectivity index (χ1n) is 4.54. The molecular weight excluding hydrogens is 197 g/mol. The number of nitrogens with one attached hydrogen (secondary N) is 1. The van der Waals surface area contributed by atoms with Crippen molar-refractivity contribution in [1.82, 2.24) is 5.32 Å². The van der Waals surface area contributed by atoms with Crippen LogP contribution in [0.25, 0.3) is 0 Å². The van der Waals surface area contributed by atoms with E-state index in [1.807, 2.05) is 5.32 Å². The Bertz CT molecular complexity index is 217. The van der Waals surface area contributed by atoms with Crippen LogP contribution in [0, 0.1) is 0 Å². The Morgan fingerprint density at radius 2 is 1.86 bits per heavy atom. The van der Waals surface area contributed by atoms with Crippen LogP contribution in [0.15, 0.2) is 0 Å². The summed E-state index contributed by atoms with van der Waals surface area (Å²) in [7, 11) is 0. The van der Waals surface area contributed by atoms with Crippen LogP contribution in [0.3, 0.4) is 0 Å². The molecular formula is C8H13F3N2O. The average molecular weight is 210 g/mol. The summed E-state index contributed by atoms with van der Waals surface area (Å²) in [6, 6.07) is -0.882. The van der Waals surface area contributed by atoms with Gasteiger partial charge in [-0.1, -0.05) is 12.8 Å². The molecule has 0 aliphatic heterocycles. The summed E-state index contributed by atoms with van der Waals surface area (Å²) in [5.41, 5.74) is 5.59. The van der Waals surface area contributed by atoms with E-state index >= 15 is 0 Å². The highest BCUT2D eigenvalue weighted by molar-refractivity contribution is 5.82. The molecule has 1 rings (SSSR count). The number of carbonyl (C=O) groups excluding carboxylic acids is 1. The average Bonchev–Trinajstić information content (AvgIpc) is 2.07. The maximum atomic E-state index is 11.9. The van der Waals surface area contributed by atoms with Crippen molar-refractivity contribution >= 4 is 5.91 Å². The van der Waals surface area contributed by atoms with Gasteiger partial charge in [-0.05, 0) is 12.8 Å². The number of amides is 1. The van der Waals surface area contributed by atoms with Gasteiger partial charge in [0.05, 0.1) is 0 Å². The van der Waals surface area contributed by atoms with E-state index in [0.717, 1.165) is 12.8 Å². The van der Waals surface area contributed by atoms with E-state index in [1.54, 1.807) is 0 Å². The Morgan fingerprint density at radius 1 is 1.29 bits per heavy atom. The van der Waals surface area contributed by atoms with Crippen molar-refractivity contribution in [1.29, 1.82) is 0 Å². The highest BCUT2D eigenvalue weighted by Crippen LogP contribution is 2.20. The minimum absolute atomic E-state index is 0.352. The van der Waals surface area contributed by atoms with Crippen LogP contribution >= 0.6 is 0 Å². The zero-order chi connectivity index (χ0) is 10.8. The number of hydrogen-bond donors (Lipinski definition) is 2. The Balaban J connectivity index is 2.46. The lowest BCUT2D eigenvalue weighted by Gasteiger charge is -2.29. The molecule has 0 saturated heterocycles. The molecule has 0 radical (unpaired) electrons. The van der Waals surface area contributed by atoms with Crippen molar-refractivity contribution in [2.24, 2.45) is 5.73 Å². The molecule has 1 amide bonds. The lowest BCUT2D eigenvalue weighted by molar-refractivity contribution is -0.174. The Kier molecular flexibility index (Phi) is 3.36. The molecule has 1 aliphatic rings. The molecule has 2 atom stereocenters. The fourth-order valence-electron chi connectivity index (χ4n) is 1.59. The predicted octanol–water partition coefficient (Wildman–Crippen LogP) is 0.935. The highest BCUT2D eigenvalue weighted by Gasteiger charge is 2.40. The molecule has 0 aromatic rings. The zero-order valence-corrected chi connectivity index (χ0v) is 7.60. The first-order chi connectivity index (χ1) is 6.41. The minimum atomic E-state index is -4.81. The lowest BCUT2D eigenvalue weighted by atomic mass is 9.91. The molecule has 6 heteroatoms. The van der Waals surface area contributed by atoms with Gasteiger partial charge in [0, 0.05) is 12.1 Å². The number of carbonyl (C=O) groups is 1. The third-order valence-corrected chi connectivity index (χ3v) is 2.39. The first-order valence-corrected chi connectivity index (χ1v) is 4.54. The largest absolute Gasteiger partial charge is 0.471 e. The summed E-state index contributed by atoms with van der Waals surface area (Å²) < 4.78 is 35.6. The van der Waals surface area contributed by atoms with E-state index in [2.05, 4.69) is 0 Å². The van der Waals surface area contributed by atoms with E-state index in [0.29, 0.717) is 12.8 Å². The lowest BCUT2D eigenvalue weighted by Crippen LogP contribution is -2.52. The Hall–Kier alpha value is -0.780. The Labute approximate surface area is 79.8 Å². The fraction of sp³-hybridized carbons (Fsp3) is 0.875.